The number of hydrogen-bond acceptors (Lipinski definition) is 10. The summed E-state index contributed by atoms with van der Waals surface area (Å²) in [5.41, 5.74) is 10.4. The van der Waals surface area contributed by atoms with Crippen LogP contribution in [0.15, 0.2) is 143 Å². The van der Waals surface area contributed by atoms with E-state index in [1.165, 1.54) is 0 Å². The van der Waals surface area contributed by atoms with Crippen molar-refractivity contribution in [2.24, 2.45) is 17.8 Å². The van der Waals surface area contributed by atoms with Gasteiger partial charge in [0, 0.05) is 66.2 Å². The molecule has 0 aliphatic carbocycles. The second-order valence-electron chi connectivity index (χ2n) is 21.1. The van der Waals surface area contributed by atoms with Crippen LogP contribution < -0.4 is 21.8 Å². The Labute approximate surface area is 437 Å². The Hall–Kier alpha value is -7.74. The fraction of sp³-hybridized carbons (Fsp3) is 0.323. The molecule has 384 valence electrons. The van der Waals surface area contributed by atoms with Crippen LogP contribution in [-0.4, -0.2) is 67.6 Å². The molecule has 0 saturated carbocycles. The van der Waals surface area contributed by atoms with Gasteiger partial charge in [-0.05, 0) is 89.0 Å². The highest BCUT2D eigenvalue weighted by atomic mass is 16.3. The molecule has 6 atom stereocenters. The van der Waals surface area contributed by atoms with Gasteiger partial charge in [0.15, 0.2) is 5.78 Å². The highest BCUT2D eigenvalue weighted by molar-refractivity contribution is 5.99. The average molecular weight is 1000 g/mol. The maximum Gasteiger partial charge on any atom is 0.272 e. The molecular weight excluding hydrogens is 937 g/mol. The number of nitrogens with one attached hydrogen (secondary N) is 4. The van der Waals surface area contributed by atoms with E-state index in [2.05, 4.69) is 95.2 Å². The van der Waals surface area contributed by atoms with E-state index in [-0.39, 0.29) is 71.1 Å². The van der Waals surface area contributed by atoms with Crippen molar-refractivity contribution in [2.45, 2.75) is 90.6 Å². The molecule has 8 aromatic rings. The van der Waals surface area contributed by atoms with Gasteiger partial charge in [-0.2, -0.15) is 10.2 Å². The zero-order valence-electron chi connectivity index (χ0n) is 43.6. The summed E-state index contributed by atoms with van der Waals surface area (Å²) < 4.78 is 0. The molecule has 6 unspecified atom stereocenters. The molecule has 0 bridgehead atoms. The van der Waals surface area contributed by atoms with Gasteiger partial charge in [-0.1, -0.05) is 143 Å². The Kier molecular flexibility index (Phi) is 14.6. The normalized spacial score (nSPS) is 17.7. The number of H-pyrrole nitrogens is 2. The number of ketones is 1. The number of benzene rings is 6. The van der Waals surface area contributed by atoms with Crippen molar-refractivity contribution in [3.63, 3.8) is 0 Å². The minimum Gasteiger partial charge on any atom is -0.392 e. The summed E-state index contributed by atoms with van der Waals surface area (Å²) in [5, 5.41) is 36.0. The number of Topliss-reactive ketones (excluding diaryl/α,β-unsaturated/α-hetero) is 1. The molecule has 6 aromatic carbocycles. The summed E-state index contributed by atoms with van der Waals surface area (Å²) in [6.45, 7) is 9.67. The Morgan fingerprint density at radius 3 is 1.89 bits per heavy atom. The summed E-state index contributed by atoms with van der Waals surface area (Å²) in [6, 6.07) is 44.0. The van der Waals surface area contributed by atoms with E-state index in [9.17, 15) is 24.3 Å². The van der Waals surface area contributed by atoms with Gasteiger partial charge < -0.3 is 20.6 Å². The lowest BCUT2D eigenvalue weighted by Gasteiger charge is -2.36. The van der Waals surface area contributed by atoms with Crippen LogP contribution in [0, 0.1) is 17.8 Å². The molecule has 5 N–H and O–H groups in total. The number of anilines is 2. The van der Waals surface area contributed by atoms with Gasteiger partial charge in [-0.3, -0.25) is 24.1 Å². The lowest BCUT2D eigenvalue weighted by Crippen LogP contribution is -2.32. The Balaban J connectivity index is 0.965. The van der Waals surface area contributed by atoms with E-state index < -0.39 is 0 Å². The van der Waals surface area contributed by atoms with Crippen molar-refractivity contribution in [2.75, 3.05) is 31.3 Å². The number of aliphatic hydroxyl groups is 1. The third-order valence-electron chi connectivity index (χ3n) is 15.8. The molecule has 0 radical (unpaired) electrons. The lowest BCUT2D eigenvalue weighted by atomic mass is 9.77. The van der Waals surface area contributed by atoms with Crippen molar-refractivity contribution >= 4 is 44.6 Å². The van der Waals surface area contributed by atoms with Gasteiger partial charge in [0.1, 0.15) is 0 Å². The van der Waals surface area contributed by atoms with Crippen molar-refractivity contribution in [1.82, 2.24) is 30.2 Å². The van der Waals surface area contributed by atoms with Crippen LogP contribution in [0.5, 0.6) is 0 Å². The smallest absolute Gasteiger partial charge is 0.272 e. The topological polar surface area (TPSA) is 176 Å². The number of nitrogens with zero attached hydrogens (tertiary/aromatic N) is 4. The Morgan fingerprint density at radius 1 is 0.653 bits per heavy atom. The highest BCUT2D eigenvalue weighted by Gasteiger charge is 2.38. The third-order valence-corrected chi connectivity index (χ3v) is 15.8. The zero-order chi connectivity index (χ0) is 52.5. The van der Waals surface area contributed by atoms with Crippen molar-refractivity contribution in [3.05, 3.63) is 210 Å². The average Bonchev–Trinajstić information content (AvgIpc) is 3.44. The van der Waals surface area contributed by atoms with Crippen molar-refractivity contribution < 1.29 is 14.7 Å². The number of carbonyl (C=O) groups is 2. The predicted octanol–water partition coefficient (Wildman–Crippen LogP) is 10.6. The number of aliphatic hydroxyl groups excluding tert-OH is 1. The number of aromatic nitrogens is 4. The maximum atomic E-state index is 14.4. The first-order valence-corrected chi connectivity index (χ1v) is 26.3. The molecule has 0 saturated heterocycles. The second-order valence-corrected chi connectivity index (χ2v) is 21.1. The monoisotopic (exact) mass is 1000 g/mol. The van der Waals surface area contributed by atoms with Crippen LogP contribution in [0.4, 0.5) is 11.4 Å². The summed E-state index contributed by atoms with van der Waals surface area (Å²) in [6.07, 6.45) is 2.28. The number of hydrogen-bond donors (Lipinski definition) is 5. The molecule has 2 aromatic heterocycles. The van der Waals surface area contributed by atoms with Gasteiger partial charge >= 0.3 is 0 Å². The second kappa shape index (κ2) is 21.6. The van der Waals surface area contributed by atoms with E-state index in [0.29, 0.717) is 42.4 Å². The summed E-state index contributed by atoms with van der Waals surface area (Å²) in [7, 11) is 3.93. The van der Waals surface area contributed by atoms with Crippen molar-refractivity contribution in [3.8, 4) is 0 Å². The van der Waals surface area contributed by atoms with Crippen LogP contribution in [-0.2, 0) is 24.5 Å². The van der Waals surface area contributed by atoms with Gasteiger partial charge in [0.05, 0.1) is 52.7 Å². The zero-order valence-corrected chi connectivity index (χ0v) is 43.6. The molecule has 0 spiro atoms. The molecular formula is C62H66N8O5. The van der Waals surface area contributed by atoms with Crippen LogP contribution in [0.1, 0.15) is 132 Å². The Bertz CT molecular complexity index is 3520. The van der Waals surface area contributed by atoms with E-state index >= 15 is 0 Å². The van der Waals surface area contributed by atoms with E-state index in [1.807, 2.05) is 106 Å². The van der Waals surface area contributed by atoms with Crippen LogP contribution >= 0.6 is 0 Å². The van der Waals surface area contributed by atoms with Crippen LogP contribution in [0.3, 0.4) is 0 Å². The molecule has 2 aliphatic rings. The molecule has 13 heteroatoms. The number of carbonyl (C=O) groups excluding carboxylic acids is 2. The van der Waals surface area contributed by atoms with Gasteiger partial charge in [0.2, 0.25) is 5.91 Å². The largest absolute Gasteiger partial charge is 0.392 e. The first kappa shape index (κ1) is 50.8. The molecule has 2 aliphatic heterocycles. The van der Waals surface area contributed by atoms with Crippen molar-refractivity contribution in [1.29, 1.82) is 0 Å². The fourth-order valence-corrected chi connectivity index (χ4v) is 11.8. The quantitative estimate of drug-likeness (QED) is 0.0520. The van der Waals surface area contributed by atoms with Gasteiger partial charge in [-0.15, -0.1) is 0 Å². The van der Waals surface area contributed by atoms with E-state index in [4.69, 9.17) is 10.2 Å². The molecule has 0 fully saturated rings. The molecule has 10 rings (SSSR count). The first-order chi connectivity index (χ1) is 36.3. The number of rotatable bonds is 18. The molecule has 75 heavy (non-hydrogen) atoms. The number of amides is 1. The highest BCUT2D eigenvalue weighted by Crippen LogP contribution is 2.49. The van der Waals surface area contributed by atoms with Crippen LogP contribution in [0.25, 0.3) is 21.5 Å². The number of aromatic amines is 2. The molecule has 4 heterocycles. The van der Waals surface area contributed by atoms with Gasteiger partial charge in [0.25, 0.3) is 11.1 Å². The third kappa shape index (κ3) is 10.0. The van der Waals surface area contributed by atoms with E-state index in [0.717, 1.165) is 85.3 Å². The van der Waals surface area contributed by atoms with Crippen LogP contribution in [0.2, 0.25) is 0 Å². The SMILES string of the molecule is CCC(C)C(CCCN(C)C(=O)C(C)C)C(=O)c1ccc(C2c3n[nH]c(=O)c4cccc(c34)NC2c2ccc(CO)cc2CN(C)Cc2cccc(C3c4n[nH]c(=O)c5cccc(c45)NC3c3ccccc3)c2)cc1. The summed E-state index contributed by atoms with van der Waals surface area (Å²) in [5.74, 6) is -0.514. The summed E-state index contributed by atoms with van der Waals surface area (Å²) in [4.78, 5) is 57.4. The molecule has 1 amide bonds. The maximum absolute atomic E-state index is 14.4. The standard InChI is InChI=1S/C62H66N8O5/c1-7-37(4)45(21-14-30-70(6)62(75)36(2)3)59(72)42-27-25-40(26-28-42)51-56(64-50-23-13-20-48-54(50)57(51)65-67-61(48)74)46-29-24-39(35-71)32-44(46)34-69(5)33-38-15-11-18-43(31-38)52-55(41-16-9-8-10-17-41)63-49-22-12-19-47-53(49)58(52)66-68-60(47)73/h8-13,15-20,22-29,31-32,36-37,45,51-52,55-56,63-64,71H,7,14,21,30,33-35H2,1-6H3,(H,67,74)(H,68,73). The molecule has 13 nitrogen and oxygen atoms in total. The minimum atomic E-state index is -0.386. The van der Waals surface area contributed by atoms with Gasteiger partial charge in [-0.25, -0.2) is 10.2 Å². The summed E-state index contributed by atoms with van der Waals surface area (Å²) >= 11 is 0. The predicted molar refractivity (Wildman–Crippen MR) is 297 cm³/mol. The lowest BCUT2D eigenvalue weighted by molar-refractivity contribution is -0.133. The first-order valence-electron chi connectivity index (χ1n) is 26.3. The van der Waals surface area contributed by atoms with E-state index in [1.54, 1.807) is 4.90 Å². The minimum absolute atomic E-state index is 0.0808. The fourth-order valence-electron chi connectivity index (χ4n) is 11.8. The Morgan fingerprint density at radius 2 is 1.27 bits per heavy atom.